The number of halogens is 2. The first kappa shape index (κ1) is 14.3. The van der Waals surface area contributed by atoms with E-state index in [1.54, 1.807) is 0 Å². The highest BCUT2D eigenvalue weighted by molar-refractivity contribution is 14.1. The van der Waals surface area contributed by atoms with Crippen LogP contribution in [0.1, 0.15) is 41.9 Å². The Bertz CT molecular complexity index is 642. The number of hydrogen-bond donors (Lipinski definition) is 0. The molecule has 0 radical (unpaired) electrons. The van der Waals surface area contributed by atoms with Gasteiger partial charge in [0.1, 0.15) is 11.0 Å². The van der Waals surface area contributed by atoms with Gasteiger partial charge in [0.15, 0.2) is 0 Å². The molecule has 0 saturated carbocycles. The fraction of sp³-hybridized carbons (Fsp3) is 0.375. The third-order valence-electron chi connectivity index (χ3n) is 3.94. The Morgan fingerprint density at radius 1 is 1.25 bits per heavy atom. The van der Waals surface area contributed by atoms with E-state index in [9.17, 15) is 0 Å². The number of nitrogens with zero attached hydrogens (tertiary/aromatic N) is 2. The van der Waals surface area contributed by atoms with E-state index in [0.29, 0.717) is 11.1 Å². The Balaban J connectivity index is 1.93. The van der Waals surface area contributed by atoms with Crippen molar-refractivity contribution in [1.82, 2.24) is 9.97 Å². The minimum absolute atomic E-state index is 0.393. The molecule has 20 heavy (non-hydrogen) atoms. The third kappa shape index (κ3) is 2.70. The van der Waals surface area contributed by atoms with Gasteiger partial charge in [0.05, 0.1) is 9.26 Å². The Morgan fingerprint density at radius 3 is 2.75 bits per heavy atom. The van der Waals surface area contributed by atoms with Gasteiger partial charge in [-0.25, -0.2) is 9.97 Å². The van der Waals surface area contributed by atoms with Crippen LogP contribution in [0.25, 0.3) is 0 Å². The predicted octanol–water partition coefficient (Wildman–Crippen LogP) is 4.57. The molecule has 104 valence electrons. The first-order chi connectivity index (χ1) is 9.69. The summed E-state index contributed by atoms with van der Waals surface area (Å²) in [7, 11) is 0. The van der Waals surface area contributed by atoms with E-state index in [1.807, 2.05) is 0 Å². The summed E-state index contributed by atoms with van der Waals surface area (Å²) >= 11 is 8.49. The quantitative estimate of drug-likeness (QED) is 0.547. The zero-order valence-corrected chi connectivity index (χ0v) is 14.3. The lowest BCUT2D eigenvalue weighted by atomic mass is 9.83. The summed E-state index contributed by atoms with van der Waals surface area (Å²) in [6.07, 6.45) is 4.14. The van der Waals surface area contributed by atoms with Crippen LogP contribution in [0, 0.1) is 3.57 Å². The van der Waals surface area contributed by atoms with E-state index in [2.05, 4.69) is 58.8 Å². The Kier molecular flexibility index (Phi) is 4.26. The molecule has 0 saturated heterocycles. The standard InChI is InChI=1S/C16H16ClIN2/c1-2-13-14(18)15(17)20-16(19-13)12-8-7-10-5-3-4-6-11(10)9-12/h3-6,12H,2,7-9H2,1H3. The molecule has 2 aromatic rings. The molecular weight excluding hydrogens is 383 g/mol. The molecule has 1 aliphatic carbocycles. The van der Waals surface area contributed by atoms with E-state index >= 15 is 0 Å². The maximum absolute atomic E-state index is 6.26. The normalized spacial score (nSPS) is 17.9. The average Bonchev–Trinajstić information content (AvgIpc) is 2.49. The van der Waals surface area contributed by atoms with Gasteiger partial charge in [-0.05, 0) is 59.4 Å². The lowest BCUT2D eigenvalue weighted by molar-refractivity contribution is 0.552. The van der Waals surface area contributed by atoms with Crippen LogP contribution in [0.2, 0.25) is 5.15 Å². The smallest absolute Gasteiger partial charge is 0.146 e. The zero-order chi connectivity index (χ0) is 14.1. The second kappa shape index (κ2) is 5.98. The van der Waals surface area contributed by atoms with Crippen LogP contribution in [-0.2, 0) is 19.3 Å². The van der Waals surface area contributed by atoms with Gasteiger partial charge in [0.25, 0.3) is 0 Å². The highest BCUT2D eigenvalue weighted by Gasteiger charge is 2.23. The van der Waals surface area contributed by atoms with E-state index in [-0.39, 0.29) is 0 Å². The van der Waals surface area contributed by atoms with Crippen molar-refractivity contribution in [2.45, 2.75) is 38.5 Å². The van der Waals surface area contributed by atoms with Crippen molar-refractivity contribution in [3.05, 3.63) is 55.6 Å². The molecule has 1 heterocycles. The van der Waals surface area contributed by atoms with Crippen LogP contribution < -0.4 is 0 Å². The molecule has 1 aliphatic rings. The van der Waals surface area contributed by atoms with Crippen LogP contribution >= 0.6 is 34.2 Å². The van der Waals surface area contributed by atoms with E-state index in [1.165, 1.54) is 11.1 Å². The van der Waals surface area contributed by atoms with Crippen LogP contribution in [0.15, 0.2) is 24.3 Å². The summed E-state index contributed by atoms with van der Waals surface area (Å²) in [4.78, 5) is 9.27. The lowest BCUT2D eigenvalue weighted by Gasteiger charge is -2.24. The van der Waals surface area contributed by atoms with Gasteiger partial charge in [-0.2, -0.15) is 0 Å². The summed E-state index contributed by atoms with van der Waals surface area (Å²) in [5.74, 6) is 1.31. The minimum atomic E-state index is 0.393. The number of rotatable bonds is 2. The topological polar surface area (TPSA) is 25.8 Å². The maximum atomic E-state index is 6.26. The van der Waals surface area contributed by atoms with Crippen molar-refractivity contribution in [1.29, 1.82) is 0 Å². The van der Waals surface area contributed by atoms with Crippen molar-refractivity contribution in [3.63, 3.8) is 0 Å². The molecule has 0 aliphatic heterocycles. The molecule has 1 aromatic heterocycles. The van der Waals surface area contributed by atoms with Crippen LogP contribution in [-0.4, -0.2) is 9.97 Å². The molecule has 3 rings (SSSR count). The van der Waals surface area contributed by atoms with Crippen molar-refractivity contribution in [2.75, 3.05) is 0 Å². The maximum Gasteiger partial charge on any atom is 0.146 e. The van der Waals surface area contributed by atoms with Gasteiger partial charge < -0.3 is 0 Å². The van der Waals surface area contributed by atoms with Crippen LogP contribution in [0.4, 0.5) is 0 Å². The van der Waals surface area contributed by atoms with Gasteiger partial charge in [0, 0.05) is 5.92 Å². The van der Waals surface area contributed by atoms with Gasteiger partial charge >= 0.3 is 0 Å². The summed E-state index contributed by atoms with van der Waals surface area (Å²) < 4.78 is 0.992. The third-order valence-corrected chi connectivity index (χ3v) is 5.67. The molecule has 0 spiro atoms. The van der Waals surface area contributed by atoms with Crippen molar-refractivity contribution in [2.24, 2.45) is 0 Å². The molecule has 1 unspecified atom stereocenters. The molecular formula is C16H16ClIN2. The van der Waals surface area contributed by atoms with Crippen LogP contribution in [0.3, 0.4) is 0 Å². The summed E-state index contributed by atoms with van der Waals surface area (Å²) in [5, 5.41) is 0.603. The van der Waals surface area contributed by atoms with E-state index < -0.39 is 0 Å². The number of fused-ring (bicyclic) bond motifs is 1. The van der Waals surface area contributed by atoms with E-state index in [4.69, 9.17) is 16.6 Å². The molecule has 0 N–H and O–H groups in total. The van der Waals surface area contributed by atoms with Crippen molar-refractivity contribution >= 4 is 34.2 Å². The Labute approximate surface area is 138 Å². The monoisotopic (exact) mass is 398 g/mol. The molecule has 0 fully saturated rings. The highest BCUT2D eigenvalue weighted by Crippen LogP contribution is 2.32. The number of benzene rings is 1. The second-order valence-electron chi connectivity index (χ2n) is 5.20. The molecule has 0 amide bonds. The molecule has 1 aromatic carbocycles. The Hall–Kier alpha value is -0.680. The predicted molar refractivity (Wildman–Crippen MR) is 90.3 cm³/mol. The lowest BCUT2D eigenvalue weighted by Crippen LogP contribution is -2.16. The van der Waals surface area contributed by atoms with Gasteiger partial charge in [-0.1, -0.05) is 42.8 Å². The minimum Gasteiger partial charge on any atom is -0.236 e. The second-order valence-corrected chi connectivity index (χ2v) is 6.63. The highest BCUT2D eigenvalue weighted by atomic mass is 127. The van der Waals surface area contributed by atoms with Crippen LogP contribution in [0.5, 0.6) is 0 Å². The largest absolute Gasteiger partial charge is 0.236 e. The number of hydrogen-bond acceptors (Lipinski definition) is 2. The summed E-state index contributed by atoms with van der Waals surface area (Å²) in [6, 6.07) is 8.67. The van der Waals surface area contributed by atoms with Crippen molar-refractivity contribution < 1.29 is 0 Å². The first-order valence-electron chi connectivity index (χ1n) is 6.97. The summed E-state index contributed by atoms with van der Waals surface area (Å²) in [6.45, 7) is 2.11. The van der Waals surface area contributed by atoms with Gasteiger partial charge in [-0.15, -0.1) is 0 Å². The summed E-state index contributed by atoms with van der Waals surface area (Å²) in [5.41, 5.74) is 3.97. The van der Waals surface area contributed by atoms with Gasteiger partial charge in [0.2, 0.25) is 0 Å². The first-order valence-corrected chi connectivity index (χ1v) is 8.43. The molecule has 0 bridgehead atoms. The molecule has 4 heteroatoms. The fourth-order valence-electron chi connectivity index (χ4n) is 2.82. The Morgan fingerprint density at radius 2 is 2.00 bits per heavy atom. The van der Waals surface area contributed by atoms with Gasteiger partial charge in [-0.3, -0.25) is 0 Å². The SMILES string of the molecule is CCc1nc(C2CCc3ccccc3C2)nc(Cl)c1I. The average molecular weight is 399 g/mol. The van der Waals surface area contributed by atoms with E-state index in [0.717, 1.165) is 40.8 Å². The van der Waals surface area contributed by atoms with Crippen molar-refractivity contribution in [3.8, 4) is 0 Å². The molecule has 1 atom stereocenters. The number of aryl methyl sites for hydroxylation is 2. The molecule has 2 nitrogen and oxygen atoms in total. The number of aromatic nitrogens is 2. The fourth-order valence-corrected chi connectivity index (χ4v) is 3.63. The zero-order valence-electron chi connectivity index (χ0n) is 11.4.